The maximum Gasteiger partial charge on any atom is 0.346 e. The molecule has 136 valence electrons. The zero-order chi connectivity index (χ0) is 19.5. The summed E-state index contributed by atoms with van der Waals surface area (Å²) in [6.07, 6.45) is -2.92. The average molecular weight is 372 g/mol. The molecule has 0 aromatic heterocycles. The van der Waals surface area contributed by atoms with Crippen molar-refractivity contribution in [1.82, 2.24) is 0 Å². The summed E-state index contributed by atoms with van der Waals surface area (Å²) in [5.41, 5.74) is -1.99. The normalized spacial score (nSPS) is 15.7. The van der Waals surface area contributed by atoms with Crippen molar-refractivity contribution in [1.29, 1.82) is 0 Å². The second kappa shape index (κ2) is 5.54. The van der Waals surface area contributed by atoms with Crippen molar-refractivity contribution in [3.8, 4) is 0 Å². The maximum atomic E-state index is 14.1. The highest BCUT2D eigenvalue weighted by Gasteiger charge is 2.42. The van der Waals surface area contributed by atoms with Gasteiger partial charge in [0.1, 0.15) is 0 Å². The molecule has 0 saturated carbocycles. The first-order chi connectivity index (χ1) is 12.7. The summed E-state index contributed by atoms with van der Waals surface area (Å²) in [6, 6.07) is 7.49. The Morgan fingerprint density at radius 3 is 1.44 bits per heavy atom. The lowest BCUT2D eigenvalue weighted by molar-refractivity contribution is 0.0425. The summed E-state index contributed by atoms with van der Waals surface area (Å²) in [5, 5.41) is 0. The number of fused-ring (bicyclic) bond motifs is 2. The van der Waals surface area contributed by atoms with E-state index in [-0.39, 0.29) is 33.4 Å². The lowest BCUT2D eigenvalue weighted by atomic mass is 9.75. The third-order valence-electron chi connectivity index (χ3n) is 4.93. The van der Waals surface area contributed by atoms with Crippen LogP contribution in [0.15, 0.2) is 36.4 Å². The molecule has 2 aromatic carbocycles. The van der Waals surface area contributed by atoms with Gasteiger partial charge in [-0.15, -0.1) is 0 Å². The van der Waals surface area contributed by atoms with Crippen LogP contribution >= 0.6 is 0 Å². The monoisotopic (exact) mass is 372 g/mol. The van der Waals surface area contributed by atoms with E-state index in [4.69, 9.17) is 0 Å². The van der Waals surface area contributed by atoms with Crippen LogP contribution in [0.3, 0.4) is 0 Å². The molecule has 0 atom stereocenters. The predicted molar refractivity (Wildman–Crippen MR) is 84.8 cm³/mol. The van der Waals surface area contributed by atoms with E-state index < -0.39 is 35.7 Å². The number of carbonyl (C=O) groups is 4. The number of hydrogen-bond donors (Lipinski definition) is 0. The highest BCUT2D eigenvalue weighted by atomic mass is 19.3. The number of esters is 4. The minimum atomic E-state index is -2.92. The second-order valence-electron chi connectivity index (χ2n) is 6.38. The van der Waals surface area contributed by atoms with E-state index in [0.717, 1.165) is 0 Å². The molecule has 2 aliphatic rings. The van der Waals surface area contributed by atoms with Gasteiger partial charge in [-0.3, -0.25) is 0 Å². The topological polar surface area (TPSA) is 86.7 Å². The van der Waals surface area contributed by atoms with Crippen molar-refractivity contribution in [2.24, 2.45) is 0 Å². The number of ether oxygens (including phenoxy) is 2. The third kappa shape index (κ3) is 2.29. The van der Waals surface area contributed by atoms with Crippen LogP contribution in [0.1, 0.15) is 59.5 Å². The Hall–Kier alpha value is -3.42. The summed E-state index contributed by atoms with van der Waals surface area (Å²) in [7, 11) is 0. The first-order valence-electron chi connectivity index (χ1n) is 7.83. The Morgan fingerprint density at radius 1 is 0.704 bits per heavy atom. The molecule has 2 aliphatic heterocycles. The van der Waals surface area contributed by atoms with E-state index in [2.05, 4.69) is 9.47 Å². The molecular formula is C19H10F2O6. The predicted octanol–water partition coefficient (Wildman–Crippen LogP) is 2.88. The van der Waals surface area contributed by atoms with E-state index in [1.807, 2.05) is 0 Å². The number of halogens is 2. The highest BCUT2D eigenvalue weighted by molar-refractivity contribution is 6.15. The van der Waals surface area contributed by atoms with Crippen molar-refractivity contribution in [3.05, 3.63) is 69.8 Å². The Balaban J connectivity index is 1.89. The lowest BCUT2D eigenvalue weighted by Crippen LogP contribution is -2.33. The van der Waals surface area contributed by atoms with Crippen LogP contribution in [0.5, 0.6) is 0 Å². The number of hydrogen-bond acceptors (Lipinski definition) is 6. The number of carbonyl (C=O) groups excluding carboxylic acids is 4. The molecule has 0 bridgehead atoms. The second-order valence-corrected chi connectivity index (χ2v) is 6.38. The molecule has 0 aliphatic carbocycles. The third-order valence-corrected chi connectivity index (χ3v) is 4.93. The van der Waals surface area contributed by atoms with Crippen molar-refractivity contribution < 1.29 is 37.4 Å². The standard InChI is InChI=1S/C19H10F2O6/c1-19(18(20)21,8-2-4-10-12(6-8)16(24)26-14(10)22)9-3-5-11-13(7-9)17(25)27-15(11)23/h2-7,18H,1H3. The zero-order valence-corrected chi connectivity index (χ0v) is 13.7. The molecule has 0 unspecified atom stereocenters. The van der Waals surface area contributed by atoms with Gasteiger partial charge in [-0.2, -0.15) is 0 Å². The molecule has 2 aromatic rings. The SMILES string of the molecule is CC(c1ccc2c(c1)C(=O)OC2=O)(c1ccc2c(c1)C(=O)OC2=O)C(F)F. The molecule has 2 heterocycles. The quantitative estimate of drug-likeness (QED) is 0.608. The number of cyclic esters (lactones) is 4. The fraction of sp³-hybridized carbons (Fsp3) is 0.158. The van der Waals surface area contributed by atoms with Gasteiger partial charge in [-0.1, -0.05) is 12.1 Å². The fourth-order valence-corrected chi connectivity index (χ4v) is 3.24. The van der Waals surface area contributed by atoms with Crippen molar-refractivity contribution in [3.63, 3.8) is 0 Å². The van der Waals surface area contributed by atoms with E-state index >= 15 is 0 Å². The molecule has 27 heavy (non-hydrogen) atoms. The molecule has 0 radical (unpaired) electrons. The number of rotatable bonds is 3. The Kier molecular flexibility index (Phi) is 3.49. The number of alkyl halides is 2. The van der Waals surface area contributed by atoms with E-state index in [9.17, 15) is 28.0 Å². The Bertz CT molecular complexity index is 979. The lowest BCUT2D eigenvalue weighted by Gasteiger charge is -2.30. The van der Waals surface area contributed by atoms with Gasteiger partial charge in [0.2, 0.25) is 0 Å². The fourth-order valence-electron chi connectivity index (χ4n) is 3.24. The van der Waals surface area contributed by atoms with Gasteiger partial charge >= 0.3 is 23.9 Å². The molecule has 8 heteroatoms. The largest absolute Gasteiger partial charge is 0.386 e. The molecule has 4 rings (SSSR count). The van der Waals surface area contributed by atoms with Gasteiger partial charge < -0.3 is 9.47 Å². The van der Waals surface area contributed by atoms with Gasteiger partial charge in [-0.05, 0) is 42.3 Å². The van der Waals surface area contributed by atoms with Crippen LogP contribution in [0.25, 0.3) is 0 Å². The van der Waals surface area contributed by atoms with Crippen molar-refractivity contribution >= 4 is 23.9 Å². The maximum absolute atomic E-state index is 14.1. The van der Waals surface area contributed by atoms with E-state index in [1.54, 1.807) is 0 Å². The molecule has 0 amide bonds. The van der Waals surface area contributed by atoms with Gasteiger partial charge in [0.05, 0.1) is 27.7 Å². The minimum Gasteiger partial charge on any atom is -0.386 e. The van der Waals surface area contributed by atoms with Crippen LogP contribution in [0, 0.1) is 0 Å². The van der Waals surface area contributed by atoms with Gasteiger partial charge in [-0.25, -0.2) is 28.0 Å². The highest BCUT2D eigenvalue weighted by Crippen LogP contribution is 2.40. The zero-order valence-electron chi connectivity index (χ0n) is 13.7. The first-order valence-corrected chi connectivity index (χ1v) is 7.83. The van der Waals surface area contributed by atoms with E-state index in [1.165, 1.54) is 43.3 Å². The summed E-state index contributed by atoms with van der Waals surface area (Å²) in [5.74, 6) is -3.48. The van der Waals surface area contributed by atoms with Gasteiger partial charge in [0.15, 0.2) is 0 Å². The minimum absolute atomic E-state index is 0.00324. The van der Waals surface area contributed by atoms with Gasteiger partial charge in [0.25, 0.3) is 6.43 Å². The van der Waals surface area contributed by atoms with Crippen molar-refractivity contribution in [2.45, 2.75) is 18.8 Å². The molecule has 6 nitrogen and oxygen atoms in total. The molecular weight excluding hydrogens is 362 g/mol. The smallest absolute Gasteiger partial charge is 0.346 e. The first kappa shape index (κ1) is 17.0. The van der Waals surface area contributed by atoms with Crippen LogP contribution in [0.4, 0.5) is 8.78 Å². The number of benzene rings is 2. The molecule has 0 spiro atoms. The Labute approximate surface area is 150 Å². The van der Waals surface area contributed by atoms with Crippen LogP contribution < -0.4 is 0 Å². The van der Waals surface area contributed by atoms with Crippen molar-refractivity contribution in [2.75, 3.05) is 0 Å². The summed E-state index contributed by atoms with van der Waals surface area (Å²) in [4.78, 5) is 46.7. The Morgan fingerprint density at radius 2 is 1.07 bits per heavy atom. The summed E-state index contributed by atoms with van der Waals surface area (Å²) < 4.78 is 37.3. The summed E-state index contributed by atoms with van der Waals surface area (Å²) in [6.45, 7) is 1.24. The molecule has 0 fully saturated rings. The van der Waals surface area contributed by atoms with E-state index in [0.29, 0.717) is 0 Å². The van der Waals surface area contributed by atoms with Gasteiger partial charge in [0, 0.05) is 0 Å². The average Bonchev–Trinajstić information content (AvgIpc) is 3.09. The molecule has 0 saturated heterocycles. The van der Waals surface area contributed by atoms with Crippen LogP contribution in [0.2, 0.25) is 0 Å². The summed E-state index contributed by atoms with van der Waals surface area (Å²) >= 11 is 0. The van der Waals surface area contributed by atoms with Crippen LogP contribution in [-0.2, 0) is 14.9 Å². The molecule has 0 N–H and O–H groups in total. The van der Waals surface area contributed by atoms with Crippen LogP contribution in [-0.4, -0.2) is 30.3 Å².